The molecule has 0 atom stereocenters. The lowest BCUT2D eigenvalue weighted by Crippen LogP contribution is -2.21. The summed E-state index contributed by atoms with van der Waals surface area (Å²) in [6, 6.07) is 11.5. The first-order valence-electron chi connectivity index (χ1n) is 10.9. The molecule has 4 rings (SSSR count). The van der Waals surface area contributed by atoms with E-state index in [2.05, 4.69) is 21.7 Å². The van der Waals surface area contributed by atoms with E-state index in [1.54, 1.807) is 0 Å². The van der Waals surface area contributed by atoms with Gasteiger partial charge in [0.15, 0.2) is 0 Å². The number of amides is 2. The molecule has 162 valence electrons. The number of hydrogen-bond donors (Lipinski definition) is 3. The quantitative estimate of drug-likeness (QED) is 0.552. The van der Waals surface area contributed by atoms with Crippen molar-refractivity contribution in [2.45, 2.75) is 39.0 Å². The molecule has 1 aliphatic rings. The lowest BCUT2D eigenvalue weighted by molar-refractivity contribution is -0.116. The topological polar surface area (TPSA) is 77.2 Å². The number of nitrogens with zero attached hydrogens (tertiary/aromatic N) is 1. The van der Waals surface area contributed by atoms with Gasteiger partial charge in [0.1, 0.15) is 0 Å². The highest BCUT2D eigenvalue weighted by Crippen LogP contribution is 2.31. The summed E-state index contributed by atoms with van der Waals surface area (Å²) in [6.07, 6.45) is 4.91. The highest BCUT2D eigenvalue weighted by molar-refractivity contribution is 6.13. The lowest BCUT2D eigenvalue weighted by atomic mass is 9.95. The van der Waals surface area contributed by atoms with Crippen LogP contribution in [0.5, 0.6) is 0 Å². The number of fused-ring (bicyclic) bond motifs is 3. The predicted molar refractivity (Wildman–Crippen MR) is 126 cm³/mol. The summed E-state index contributed by atoms with van der Waals surface area (Å²) in [5, 5.41) is 7.11. The maximum atomic E-state index is 13.1. The third-order valence-corrected chi connectivity index (χ3v) is 5.93. The van der Waals surface area contributed by atoms with E-state index in [4.69, 9.17) is 0 Å². The first-order valence-corrected chi connectivity index (χ1v) is 10.9. The number of rotatable bonds is 6. The Morgan fingerprint density at radius 1 is 1.06 bits per heavy atom. The van der Waals surface area contributed by atoms with Gasteiger partial charge in [0.2, 0.25) is 5.91 Å². The Morgan fingerprint density at radius 2 is 1.87 bits per heavy atom. The van der Waals surface area contributed by atoms with E-state index in [0.717, 1.165) is 35.0 Å². The summed E-state index contributed by atoms with van der Waals surface area (Å²) in [5.74, 6) is -0.194. The van der Waals surface area contributed by atoms with Gasteiger partial charge in [-0.3, -0.25) is 9.59 Å². The van der Waals surface area contributed by atoms with Gasteiger partial charge in [-0.2, -0.15) is 0 Å². The average molecular weight is 419 g/mol. The molecule has 2 amide bonds. The van der Waals surface area contributed by atoms with Crippen molar-refractivity contribution in [3.63, 3.8) is 0 Å². The smallest absolute Gasteiger partial charge is 0.257 e. The minimum Gasteiger partial charge on any atom is -0.358 e. The second kappa shape index (κ2) is 8.94. The Kier molecular flexibility index (Phi) is 6.09. The second-order valence-corrected chi connectivity index (χ2v) is 8.60. The molecule has 0 saturated heterocycles. The van der Waals surface area contributed by atoms with Gasteiger partial charge in [-0.05, 0) is 76.0 Å². The van der Waals surface area contributed by atoms with Crippen LogP contribution in [-0.2, 0) is 17.6 Å². The highest BCUT2D eigenvalue weighted by atomic mass is 16.2. The molecule has 6 nitrogen and oxygen atoms in total. The summed E-state index contributed by atoms with van der Waals surface area (Å²) in [5.41, 5.74) is 6.51. The van der Waals surface area contributed by atoms with E-state index >= 15 is 0 Å². The van der Waals surface area contributed by atoms with Gasteiger partial charge in [0, 0.05) is 35.4 Å². The van der Waals surface area contributed by atoms with Crippen LogP contribution in [0.4, 0.5) is 11.4 Å². The van der Waals surface area contributed by atoms with Gasteiger partial charge in [-0.25, -0.2) is 0 Å². The van der Waals surface area contributed by atoms with E-state index in [9.17, 15) is 9.59 Å². The normalized spacial score (nSPS) is 13.3. The number of carbonyl (C=O) groups is 2. The number of H-pyrrole nitrogens is 1. The fourth-order valence-corrected chi connectivity index (χ4v) is 4.19. The van der Waals surface area contributed by atoms with E-state index < -0.39 is 0 Å². The first kappa shape index (κ1) is 21.1. The van der Waals surface area contributed by atoms with Crippen LogP contribution in [0.25, 0.3) is 10.9 Å². The van der Waals surface area contributed by atoms with Gasteiger partial charge < -0.3 is 20.5 Å². The monoisotopic (exact) mass is 418 g/mol. The molecular formula is C25H30N4O2. The zero-order valence-corrected chi connectivity index (χ0v) is 18.5. The number of nitrogens with one attached hydrogen (secondary N) is 3. The zero-order chi connectivity index (χ0) is 22.0. The van der Waals surface area contributed by atoms with Crippen molar-refractivity contribution >= 4 is 34.1 Å². The van der Waals surface area contributed by atoms with Gasteiger partial charge in [0.25, 0.3) is 5.91 Å². The van der Waals surface area contributed by atoms with Crippen LogP contribution in [0.1, 0.15) is 46.4 Å². The van der Waals surface area contributed by atoms with E-state index in [0.29, 0.717) is 24.2 Å². The second-order valence-electron chi connectivity index (χ2n) is 8.60. The average Bonchev–Trinajstić information content (AvgIpc) is 3.13. The number of hydrogen-bond acceptors (Lipinski definition) is 3. The molecule has 0 aliphatic heterocycles. The molecule has 2 aromatic carbocycles. The maximum Gasteiger partial charge on any atom is 0.257 e. The molecule has 1 aliphatic carbocycles. The van der Waals surface area contributed by atoms with Gasteiger partial charge in [0.05, 0.1) is 11.1 Å². The largest absolute Gasteiger partial charge is 0.358 e. The predicted octanol–water partition coefficient (Wildman–Crippen LogP) is 4.50. The van der Waals surface area contributed by atoms with Crippen molar-refractivity contribution in [3.8, 4) is 0 Å². The number of benzene rings is 2. The molecule has 31 heavy (non-hydrogen) atoms. The van der Waals surface area contributed by atoms with Crippen LogP contribution >= 0.6 is 0 Å². The summed E-state index contributed by atoms with van der Waals surface area (Å²) < 4.78 is 0. The molecule has 0 spiro atoms. The molecule has 1 aromatic heterocycles. The molecule has 0 saturated carbocycles. The molecule has 6 heteroatoms. The fraction of sp³-hybridized carbons (Fsp3) is 0.360. The summed E-state index contributed by atoms with van der Waals surface area (Å²) in [4.78, 5) is 30.8. The van der Waals surface area contributed by atoms with Crippen molar-refractivity contribution in [1.29, 1.82) is 0 Å². The van der Waals surface area contributed by atoms with Crippen LogP contribution in [0.3, 0.4) is 0 Å². The van der Waals surface area contributed by atoms with E-state index in [-0.39, 0.29) is 11.8 Å². The van der Waals surface area contributed by atoms with Crippen LogP contribution in [0, 0.1) is 6.92 Å². The van der Waals surface area contributed by atoms with Crippen LogP contribution < -0.4 is 10.6 Å². The standard InChI is InChI=1S/C25H30N4O2/c1-16-11-12-17(15-22(16)27-23(30)13-14-29(2)3)26-25(31)20-9-6-8-19-18-7-4-5-10-21(18)28-24(19)20/h6,8-9,11-12,15,28H,4-5,7,10,13-14H2,1-3H3,(H,26,31)(H,27,30). The third-order valence-electron chi connectivity index (χ3n) is 5.93. The number of aromatic amines is 1. The van der Waals surface area contributed by atoms with Crippen LogP contribution in [0.2, 0.25) is 0 Å². The maximum absolute atomic E-state index is 13.1. The van der Waals surface area contributed by atoms with Crippen molar-refractivity contribution in [1.82, 2.24) is 9.88 Å². The van der Waals surface area contributed by atoms with Gasteiger partial charge in [-0.15, -0.1) is 0 Å². The van der Waals surface area contributed by atoms with Gasteiger partial charge >= 0.3 is 0 Å². The minimum absolute atomic E-state index is 0.0398. The summed E-state index contributed by atoms with van der Waals surface area (Å²) in [6.45, 7) is 2.63. The third kappa shape index (κ3) is 4.64. The summed E-state index contributed by atoms with van der Waals surface area (Å²) in [7, 11) is 3.88. The molecule has 0 radical (unpaired) electrons. The molecule has 3 aromatic rings. The van der Waals surface area contributed by atoms with Crippen molar-refractivity contribution in [3.05, 3.63) is 58.8 Å². The Bertz CT molecular complexity index is 1130. The highest BCUT2D eigenvalue weighted by Gasteiger charge is 2.19. The SMILES string of the molecule is Cc1ccc(NC(=O)c2cccc3c4c([nH]c23)CCCC4)cc1NC(=O)CCN(C)C. The molecule has 1 heterocycles. The lowest BCUT2D eigenvalue weighted by Gasteiger charge is -2.13. The van der Waals surface area contributed by atoms with E-state index in [1.165, 1.54) is 24.1 Å². The number of para-hydroxylation sites is 1. The zero-order valence-electron chi connectivity index (χ0n) is 18.5. The van der Waals surface area contributed by atoms with Crippen LogP contribution in [-0.4, -0.2) is 42.3 Å². The molecule has 3 N–H and O–H groups in total. The first-order chi connectivity index (χ1) is 14.9. The number of aryl methyl sites for hydroxylation is 3. The summed E-state index contributed by atoms with van der Waals surface area (Å²) >= 11 is 0. The Hall–Kier alpha value is -3.12. The Labute approximate surface area is 183 Å². The number of carbonyl (C=O) groups excluding carboxylic acids is 2. The molecule has 0 bridgehead atoms. The van der Waals surface area contributed by atoms with Gasteiger partial charge in [-0.1, -0.05) is 18.2 Å². The van der Waals surface area contributed by atoms with Crippen LogP contribution in [0.15, 0.2) is 36.4 Å². The van der Waals surface area contributed by atoms with Crippen molar-refractivity contribution in [2.75, 3.05) is 31.3 Å². The minimum atomic E-state index is -0.155. The Morgan fingerprint density at radius 3 is 2.68 bits per heavy atom. The van der Waals surface area contributed by atoms with Crippen molar-refractivity contribution < 1.29 is 9.59 Å². The molecular weight excluding hydrogens is 388 g/mol. The molecule has 0 unspecified atom stereocenters. The fourth-order valence-electron chi connectivity index (χ4n) is 4.19. The van der Waals surface area contributed by atoms with E-state index in [1.807, 2.05) is 56.3 Å². The number of aromatic nitrogens is 1. The Balaban J connectivity index is 1.54. The number of anilines is 2. The molecule has 0 fully saturated rings. The van der Waals surface area contributed by atoms with Crippen molar-refractivity contribution in [2.24, 2.45) is 0 Å².